The van der Waals surface area contributed by atoms with Crippen LogP contribution in [0.2, 0.25) is 0 Å². The molecule has 0 aromatic heterocycles. The molecule has 4 heteroatoms. The number of methoxy groups -OCH3 is 1. The fourth-order valence-electron chi connectivity index (χ4n) is 2.24. The maximum atomic E-state index is 14.1. The summed E-state index contributed by atoms with van der Waals surface area (Å²) < 4.78 is 19.3. The Hall–Kier alpha value is -1.91. The molecule has 106 valence electrons. The van der Waals surface area contributed by atoms with Crippen molar-refractivity contribution in [1.82, 2.24) is 5.43 Å². The second kappa shape index (κ2) is 6.50. The SMILES string of the molecule is COc1cccc(F)c1C(Cc1ccc(C)cc1)NN. The second-order valence-electron chi connectivity index (χ2n) is 4.76. The smallest absolute Gasteiger partial charge is 0.131 e. The number of benzene rings is 2. The second-order valence-corrected chi connectivity index (χ2v) is 4.76. The van der Waals surface area contributed by atoms with Crippen LogP contribution in [-0.2, 0) is 6.42 Å². The highest BCUT2D eigenvalue weighted by Crippen LogP contribution is 2.29. The van der Waals surface area contributed by atoms with Crippen LogP contribution < -0.4 is 16.0 Å². The molecule has 0 saturated heterocycles. The molecular formula is C16H19FN2O. The summed E-state index contributed by atoms with van der Waals surface area (Å²) in [5, 5.41) is 0. The Morgan fingerprint density at radius 1 is 1.20 bits per heavy atom. The van der Waals surface area contributed by atoms with Crippen molar-refractivity contribution in [3.63, 3.8) is 0 Å². The summed E-state index contributed by atoms with van der Waals surface area (Å²) in [6, 6.07) is 12.5. The highest BCUT2D eigenvalue weighted by atomic mass is 19.1. The number of ether oxygens (including phenoxy) is 1. The van der Waals surface area contributed by atoms with E-state index in [0.717, 1.165) is 5.56 Å². The Balaban J connectivity index is 2.31. The largest absolute Gasteiger partial charge is 0.496 e. The fourth-order valence-corrected chi connectivity index (χ4v) is 2.24. The van der Waals surface area contributed by atoms with Crippen LogP contribution in [0.1, 0.15) is 22.7 Å². The van der Waals surface area contributed by atoms with Crippen LogP contribution in [-0.4, -0.2) is 7.11 Å². The first-order valence-electron chi connectivity index (χ1n) is 6.49. The van der Waals surface area contributed by atoms with Gasteiger partial charge in [-0.1, -0.05) is 35.9 Å². The van der Waals surface area contributed by atoms with Gasteiger partial charge >= 0.3 is 0 Å². The van der Waals surface area contributed by atoms with E-state index < -0.39 is 0 Å². The van der Waals surface area contributed by atoms with E-state index in [4.69, 9.17) is 10.6 Å². The van der Waals surface area contributed by atoms with Crippen molar-refractivity contribution in [3.05, 3.63) is 65.0 Å². The molecule has 20 heavy (non-hydrogen) atoms. The summed E-state index contributed by atoms with van der Waals surface area (Å²) in [4.78, 5) is 0. The van der Waals surface area contributed by atoms with Crippen LogP contribution in [0.25, 0.3) is 0 Å². The molecular weight excluding hydrogens is 255 g/mol. The molecule has 3 N–H and O–H groups in total. The number of nitrogens with two attached hydrogens (primary N) is 1. The third-order valence-corrected chi connectivity index (χ3v) is 3.34. The Kier molecular flexibility index (Phi) is 4.71. The first kappa shape index (κ1) is 14.5. The van der Waals surface area contributed by atoms with Gasteiger partial charge in [-0.15, -0.1) is 0 Å². The molecule has 0 spiro atoms. The Labute approximate surface area is 118 Å². The third kappa shape index (κ3) is 3.15. The predicted octanol–water partition coefficient (Wildman–Crippen LogP) is 2.89. The molecule has 0 radical (unpaired) electrons. The quantitative estimate of drug-likeness (QED) is 0.651. The monoisotopic (exact) mass is 274 g/mol. The molecule has 3 nitrogen and oxygen atoms in total. The maximum absolute atomic E-state index is 14.1. The van der Waals surface area contributed by atoms with E-state index in [-0.39, 0.29) is 11.9 Å². The van der Waals surface area contributed by atoms with E-state index in [1.165, 1.54) is 18.7 Å². The van der Waals surface area contributed by atoms with E-state index in [2.05, 4.69) is 5.43 Å². The normalized spacial score (nSPS) is 12.2. The number of hydrogen-bond acceptors (Lipinski definition) is 3. The van der Waals surface area contributed by atoms with E-state index in [0.29, 0.717) is 17.7 Å². The zero-order valence-electron chi connectivity index (χ0n) is 11.7. The van der Waals surface area contributed by atoms with Gasteiger partial charge in [-0.2, -0.15) is 0 Å². The molecule has 0 amide bonds. The van der Waals surface area contributed by atoms with Gasteiger partial charge in [0.25, 0.3) is 0 Å². The number of halogens is 1. The molecule has 0 saturated carbocycles. The van der Waals surface area contributed by atoms with Gasteiger partial charge in [0, 0.05) is 5.56 Å². The van der Waals surface area contributed by atoms with Crippen molar-refractivity contribution in [3.8, 4) is 5.75 Å². The summed E-state index contributed by atoms with van der Waals surface area (Å²) in [7, 11) is 1.53. The average molecular weight is 274 g/mol. The number of aryl methyl sites for hydroxylation is 1. The Bertz CT molecular complexity index is 569. The molecule has 2 rings (SSSR count). The summed E-state index contributed by atoms with van der Waals surface area (Å²) in [6.07, 6.45) is 0.591. The lowest BCUT2D eigenvalue weighted by Gasteiger charge is -2.20. The lowest BCUT2D eigenvalue weighted by molar-refractivity contribution is 0.390. The van der Waals surface area contributed by atoms with Crippen molar-refractivity contribution < 1.29 is 9.13 Å². The highest BCUT2D eigenvalue weighted by Gasteiger charge is 2.19. The maximum Gasteiger partial charge on any atom is 0.131 e. The van der Waals surface area contributed by atoms with Crippen molar-refractivity contribution in [2.75, 3.05) is 7.11 Å². The van der Waals surface area contributed by atoms with Crippen LogP contribution in [0.5, 0.6) is 5.75 Å². The number of hydrogen-bond donors (Lipinski definition) is 2. The Morgan fingerprint density at radius 2 is 1.90 bits per heavy atom. The van der Waals surface area contributed by atoms with Crippen molar-refractivity contribution in [2.45, 2.75) is 19.4 Å². The Morgan fingerprint density at radius 3 is 2.50 bits per heavy atom. The van der Waals surface area contributed by atoms with E-state index in [9.17, 15) is 4.39 Å². The lowest BCUT2D eigenvalue weighted by Crippen LogP contribution is -2.30. The molecule has 0 fully saturated rings. The summed E-state index contributed by atoms with van der Waals surface area (Å²) in [5.74, 6) is 5.78. The van der Waals surface area contributed by atoms with E-state index in [1.54, 1.807) is 12.1 Å². The molecule has 0 bridgehead atoms. The standard InChI is InChI=1S/C16H19FN2O/c1-11-6-8-12(9-7-11)10-14(19-18)16-13(17)4-3-5-15(16)20-2/h3-9,14,19H,10,18H2,1-2H3. The number of nitrogens with one attached hydrogen (secondary N) is 1. The molecule has 2 aromatic rings. The van der Waals surface area contributed by atoms with Crippen molar-refractivity contribution in [1.29, 1.82) is 0 Å². The summed E-state index contributed by atoms with van der Waals surface area (Å²) in [5.41, 5.74) is 5.41. The fraction of sp³-hybridized carbons (Fsp3) is 0.250. The first-order valence-corrected chi connectivity index (χ1v) is 6.49. The van der Waals surface area contributed by atoms with Gasteiger partial charge in [0.05, 0.1) is 13.2 Å². The summed E-state index contributed by atoms with van der Waals surface area (Å²) in [6.45, 7) is 2.03. The van der Waals surface area contributed by atoms with Gasteiger partial charge in [-0.05, 0) is 31.0 Å². The summed E-state index contributed by atoms with van der Waals surface area (Å²) >= 11 is 0. The van der Waals surface area contributed by atoms with Gasteiger partial charge in [0.2, 0.25) is 0 Å². The average Bonchev–Trinajstić information content (AvgIpc) is 2.47. The molecule has 0 heterocycles. The molecule has 1 unspecified atom stereocenters. The first-order chi connectivity index (χ1) is 9.65. The van der Waals surface area contributed by atoms with Gasteiger partial charge in [-0.25, -0.2) is 4.39 Å². The van der Waals surface area contributed by atoms with E-state index in [1.807, 2.05) is 31.2 Å². The van der Waals surface area contributed by atoms with E-state index >= 15 is 0 Å². The minimum Gasteiger partial charge on any atom is -0.496 e. The number of rotatable bonds is 5. The predicted molar refractivity (Wildman–Crippen MR) is 77.9 cm³/mol. The molecule has 0 aliphatic heterocycles. The molecule has 0 aliphatic carbocycles. The van der Waals surface area contributed by atoms with Crippen molar-refractivity contribution >= 4 is 0 Å². The molecule has 2 aromatic carbocycles. The van der Waals surface area contributed by atoms with Gasteiger partial charge in [-0.3, -0.25) is 11.3 Å². The molecule has 1 atom stereocenters. The van der Waals surface area contributed by atoms with Crippen LogP contribution >= 0.6 is 0 Å². The highest BCUT2D eigenvalue weighted by molar-refractivity contribution is 5.38. The van der Waals surface area contributed by atoms with Gasteiger partial charge < -0.3 is 4.74 Å². The zero-order chi connectivity index (χ0) is 14.5. The molecule has 0 aliphatic rings. The van der Waals surface area contributed by atoms with Crippen molar-refractivity contribution in [2.24, 2.45) is 5.84 Å². The van der Waals surface area contributed by atoms with Gasteiger partial charge in [0.1, 0.15) is 11.6 Å². The van der Waals surface area contributed by atoms with Crippen LogP contribution in [0, 0.1) is 12.7 Å². The lowest BCUT2D eigenvalue weighted by atomic mass is 9.97. The van der Waals surface area contributed by atoms with Gasteiger partial charge in [0.15, 0.2) is 0 Å². The van der Waals surface area contributed by atoms with Crippen LogP contribution in [0.15, 0.2) is 42.5 Å². The zero-order valence-corrected chi connectivity index (χ0v) is 11.7. The third-order valence-electron chi connectivity index (χ3n) is 3.34. The topological polar surface area (TPSA) is 47.3 Å². The minimum atomic E-state index is -0.339. The minimum absolute atomic E-state index is 0.320. The number of hydrazine groups is 1. The van der Waals surface area contributed by atoms with Crippen LogP contribution in [0.3, 0.4) is 0 Å². The van der Waals surface area contributed by atoms with Crippen LogP contribution in [0.4, 0.5) is 4.39 Å².